The third-order valence-corrected chi connectivity index (χ3v) is 6.32. The lowest BCUT2D eigenvalue weighted by atomic mass is 9.95. The van der Waals surface area contributed by atoms with E-state index in [9.17, 15) is 14.0 Å². The van der Waals surface area contributed by atoms with Gasteiger partial charge in [-0.15, -0.1) is 0 Å². The standard InChI is InChI=1S/C25H28ClFN2O4/c26-20-7-5-9-22(15-20)32-18-25(16-23(30)28-10-2-1-3-11-28)17-29(12-13-33-25)24(31)19-6-4-8-21(27)14-19/h4-9,14-15H,1-3,10-13,16-18H2. The van der Waals surface area contributed by atoms with Crippen molar-refractivity contribution in [3.05, 3.63) is 64.9 Å². The van der Waals surface area contributed by atoms with Gasteiger partial charge in [-0.05, 0) is 55.7 Å². The van der Waals surface area contributed by atoms with E-state index in [1.54, 1.807) is 35.2 Å². The summed E-state index contributed by atoms with van der Waals surface area (Å²) in [4.78, 5) is 29.7. The van der Waals surface area contributed by atoms with Crippen LogP contribution in [0.1, 0.15) is 36.0 Å². The third kappa shape index (κ3) is 6.03. The van der Waals surface area contributed by atoms with Gasteiger partial charge in [0.15, 0.2) is 0 Å². The normalized spacial score (nSPS) is 21.0. The van der Waals surface area contributed by atoms with Crippen LogP contribution in [-0.2, 0) is 9.53 Å². The number of hydrogen-bond acceptors (Lipinski definition) is 4. The first-order valence-corrected chi connectivity index (χ1v) is 11.7. The van der Waals surface area contributed by atoms with Crippen molar-refractivity contribution < 1.29 is 23.5 Å². The summed E-state index contributed by atoms with van der Waals surface area (Å²) in [5.74, 6) is -0.214. The number of carbonyl (C=O) groups excluding carboxylic acids is 2. The summed E-state index contributed by atoms with van der Waals surface area (Å²) in [7, 11) is 0. The number of rotatable bonds is 6. The van der Waals surface area contributed by atoms with Crippen molar-refractivity contribution in [1.82, 2.24) is 9.80 Å². The lowest BCUT2D eigenvalue weighted by Crippen LogP contribution is -2.58. The van der Waals surface area contributed by atoms with Gasteiger partial charge in [-0.25, -0.2) is 4.39 Å². The molecule has 1 atom stereocenters. The van der Waals surface area contributed by atoms with Gasteiger partial charge in [0, 0.05) is 30.2 Å². The van der Waals surface area contributed by atoms with Crippen molar-refractivity contribution in [3.8, 4) is 5.75 Å². The van der Waals surface area contributed by atoms with Crippen LogP contribution in [0.3, 0.4) is 0 Å². The lowest BCUT2D eigenvalue weighted by molar-refractivity contribution is -0.153. The predicted octanol–water partition coefficient (Wildman–Crippen LogP) is 4.17. The maximum Gasteiger partial charge on any atom is 0.254 e. The summed E-state index contributed by atoms with van der Waals surface area (Å²) >= 11 is 6.08. The second-order valence-corrected chi connectivity index (χ2v) is 9.07. The Morgan fingerprint density at radius 2 is 1.82 bits per heavy atom. The quantitative estimate of drug-likeness (QED) is 0.630. The van der Waals surface area contributed by atoms with Crippen LogP contribution in [0.25, 0.3) is 0 Å². The highest BCUT2D eigenvalue weighted by molar-refractivity contribution is 6.30. The van der Waals surface area contributed by atoms with Gasteiger partial charge in [0.1, 0.15) is 23.8 Å². The van der Waals surface area contributed by atoms with Crippen LogP contribution in [-0.4, -0.2) is 66.6 Å². The van der Waals surface area contributed by atoms with Gasteiger partial charge in [-0.3, -0.25) is 9.59 Å². The van der Waals surface area contributed by atoms with Crippen molar-refractivity contribution in [2.75, 3.05) is 39.4 Å². The Balaban J connectivity index is 1.53. The molecule has 33 heavy (non-hydrogen) atoms. The van der Waals surface area contributed by atoms with Crippen LogP contribution < -0.4 is 4.74 Å². The fourth-order valence-electron chi connectivity index (χ4n) is 4.37. The molecule has 0 bridgehead atoms. The fourth-order valence-corrected chi connectivity index (χ4v) is 4.55. The number of nitrogens with zero attached hydrogens (tertiary/aromatic N) is 2. The molecule has 2 aliphatic rings. The Kier molecular flexibility index (Phi) is 7.50. The molecule has 1 unspecified atom stereocenters. The average molecular weight is 475 g/mol. The first-order valence-electron chi connectivity index (χ1n) is 11.3. The van der Waals surface area contributed by atoms with Crippen molar-refractivity contribution >= 4 is 23.4 Å². The molecule has 2 aliphatic heterocycles. The van der Waals surface area contributed by atoms with Crippen molar-refractivity contribution in [1.29, 1.82) is 0 Å². The molecule has 4 rings (SSSR count). The maximum atomic E-state index is 13.7. The first-order chi connectivity index (χ1) is 15.9. The van der Waals surface area contributed by atoms with Gasteiger partial charge in [0.05, 0.1) is 19.6 Å². The molecule has 0 spiro atoms. The van der Waals surface area contributed by atoms with E-state index < -0.39 is 11.4 Å². The molecule has 2 aromatic rings. The SMILES string of the molecule is O=C(CC1(COc2cccc(Cl)c2)CN(C(=O)c2cccc(F)c2)CCO1)N1CCCCC1. The largest absolute Gasteiger partial charge is 0.490 e. The Bertz CT molecular complexity index is 998. The van der Waals surface area contributed by atoms with E-state index >= 15 is 0 Å². The minimum atomic E-state index is -1.02. The number of carbonyl (C=O) groups is 2. The summed E-state index contributed by atoms with van der Waals surface area (Å²) in [5, 5.41) is 0.540. The summed E-state index contributed by atoms with van der Waals surface area (Å²) in [6.45, 7) is 2.33. The highest BCUT2D eigenvalue weighted by atomic mass is 35.5. The molecule has 2 fully saturated rings. The number of benzene rings is 2. The number of piperidine rings is 1. The van der Waals surface area contributed by atoms with E-state index in [4.69, 9.17) is 21.1 Å². The summed E-state index contributed by atoms with van der Waals surface area (Å²) < 4.78 is 25.8. The Morgan fingerprint density at radius 1 is 1.03 bits per heavy atom. The van der Waals surface area contributed by atoms with E-state index in [-0.39, 0.29) is 43.6 Å². The van der Waals surface area contributed by atoms with E-state index in [0.29, 0.717) is 17.3 Å². The number of likely N-dealkylation sites (tertiary alicyclic amines) is 1. The van der Waals surface area contributed by atoms with Crippen LogP contribution in [0, 0.1) is 5.82 Å². The van der Waals surface area contributed by atoms with Crippen LogP contribution in [0.5, 0.6) is 5.75 Å². The molecular formula is C25H28ClFN2O4. The van der Waals surface area contributed by atoms with Crippen LogP contribution in [0.15, 0.2) is 48.5 Å². The average Bonchev–Trinajstić information content (AvgIpc) is 2.83. The minimum Gasteiger partial charge on any atom is -0.490 e. The fraction of sp³-hybridized carbons (Fsp3) is 0.440. The van der Waals surface area contributed by atoms with Gasteiger partial charge in [-0.2, -0.15) is 0 Å². The van der Waals surface area contributed by atoms with Gasteiger partial charge in [0.2, 0.25) is 5.91 Å². The number of halogens is 2. The smallest absolute Gasteiger partial charge is 0.254 e. The summed E-state index contributed by atoms with van der Waals surface area (Å²) in [5.41, 5.74) is -0.748. The molecule has 176 valence electrons. The number of morpholine rings is 1. The van der Waals surface area contributed by atoms with Gasteiger partial charge < -0.3 is 19.3 Å². The van der Waals surface area contributed by atoms with Crippen LogP contribution >= 0.6 is 11.6 Å². The second-order valence-electron chi connectivity index (χ2n) is 8.63. The Hall–Kier alpha value is -2.64. The molecule has 0 radical (unpaired) electrons. The zero-order valence-electron chi connectivity index (χ0n) is 18.5. The molecule has 2 aromatic carbocycles. The number of amides is 2. The molecule has 6 nitrogen and oxygen atoms in total. The topological polar surface area (TPSA) is 59.1 Å². The number of ether oxygens (including phenoxy) is 2. The van der Waals surface area contributed by atoms with E-state index in [2.05, 4.69) is 0 Å². The van der Waals surface area contributed by atoms with Crippen LogP contribution in [0.2, 0.25) is 5.02 Å². The van der Waals surface area contributed by atoms with Gasteiger partial charge in [0.25, 0.3) is 5.91 Å². The lowest BCUT2D eigenvalue weighted by Gasteiger charge is -2.43. The van der Waals surface area contributed by atoms with Gasteiger partial charge in [-0.1, -0.05) is 23.7 Å². The molecule has 0 aliphatic carbocycles. The van der Waals surface area contributed by atoms with Crippen molar-refractivity contribution in [2.45, 2.75) is 31.3 Å². The number of hydrogen-bond donors (Lipinski definition) is 0. The zero-order chi connectivity index (χ0) is 23.3. The molecule has 8 heteroatoms. The predicted molar refractivity (Wildman–Crippen MR) is 123 cm³/mol. The molecule has 2 heterocycles. The summed E-state index contributed by atoms with van der Waals surface area (Å²) in [6, 6.07) is 12.6. The van der Waals surface area contributed by atoms with E-state index in [0.717, 1.165) is 32.4 Å². The molecular weight excluding hydrogens is 447 g/mol. The molecule has 0 saturated carbocycles. The second kappa shape index (κ2) is 10.5. The highest BCUT2D eigenvalue weighted by Gasteiger charge is 2.42. The Labute approximate surface area is 198 Å². The van der Waals surface area contributed by atoms with Crippen LogP contribution in [0.4, 0.5) is 4.39 Å². The van der Waals surface area contributed by atoms with E-state index in [1.165, 1.54) is 18.2 Å². The maximum absolute atomic E-state index is 13.7. The first kappa shape index (κ1) is 23.5. The van der Waals surface area contributed by atoms with Crippen molar-refractivity contribution in [2.24, 2.45) is 0 Å². The molecule has 0 N–H and O–H groups in total. The van der Waals surface area contributed by atoms with E-state index in [1.807, 2.05) is 4.90 Å². The summed E-state index contributed by atoms with van der Waals surface area (Å²) in [6.07, 6.45) is 3.20. The zero-order valence-corrected chi connectivity index (χ0v) is 19.2. The molecule has 2 amide bonds. The monoisotopic (exact) mass is 474 g/mol. The van der Waals surface area contributed by atoms with Crippen molar-refractivity contribution in [3.63, 3.8) is 0 Å². The molecule has 2 saturated heterocycles. The molecule has 0 aromatic heterocycles. The third-order valence-electron chi connectivity index (χ3n) is 6.09. The van der Waals surface area contributed by atoms with Gasteiger partial charge >= 0.3 is 0 Å². The minimum absolute atomic E-state index is 0.00977. The highest BCUT2D eigenvalue weighted by Crippen LogP contribution is 2.28. The Morgan fingerprint density at radius 3 is 2.58 bits per heavy atom.